The van der Waals surface area contributed by atoms with Gasteiger partial charge in [0.15, 0.2) is 0 Å². The van der Waals surface area contributed by atoms with Crippen molar-refractivity contribution in [2.45, 2.75) is 26.8 Å². The van der Waals surface area contributed by atoms with Crippen molar-refractivity contribution in [3.63, 3.8) is 0 Å². The van der Waals surface area contributed by atoms with Crippen LogP contribution in [0.15, 0.2) is 41.1 Å². The zero-order valence-electron chi connectivity index (χ0n) is 17.4. The molecule has 1 aromatic carbocycles. The van der Waals surface area contributed by atoms with E-state index in [0.717, 1.165) is 59.7 Å². The molecule has 152 valence electrons. The van der Waals surface area contributed by atoms with Crippen molar-refractivity contribution >= 4 is 22.7 Å². The van der Waals surface area contributed by atoms with Gasteiger partial charge in [-0.3, -0.25) is 4.79 Å². The van der Waals surface area contributed by atoms with E-state index in [1.165, 1.54) is 5.56 Å². The van der Waals surface area contributed by atoms with Gasteiger partial charge in [-0.15, -0.1) is 0 Å². The zero-order valence-corrected chi connectivity index (χ0v) is 17.4. The van der Waals surface area contributed by atoms with Gasteiger partial charge in [-0.05, 0) is 43.7 Å². The van der Waals surface area contributed by atoms with Crippen molar-refractivity contribution in [2.75, 3.05) is 38.1 Å². The van der Waals surface area contributed by atoms with Gasteiger partial charge in [0.05, 0.1) is 12.7 Å². The smallest absolute Gasteiger partial charge is 0.224 e. The molecule has 0 spiro atoms. The van der Waals surface area contributed by atoms with Crippen LogP contribution >= 0.6 is 0 Å². The van der Waals surface area contributed by atoms with E-state index in [4.69, 9.17) is 4.42 Å². The number of aromatic nitrogens is 1. The fourth-order valence-electron chi connectivity index (χ4n) is 3.71. The molecule has 1 fully saturated rings. The second-order valence-electron chi connectivity index (χ2n) is 7.91. The Morgan fingerprint density at radius 1 is 1.14 bits per heavy atom. The number of nitrogens with zero attached hydrogens (tertiary/aromatic N) is 3. The largest absolute Gasteiger partial charge is 0.464 e. The van der Waals surface area contributed by atoms with E-state index >= 15 is 0 Å². The maximum atomic E-state index is 12.4. The number of benzene rings is 1. The fourth-order valence-corrected chi connectivity index (χ4v) is 3.71. The summed E-state index contributed by atoms with van der Waals surface area (Å²) in [7, 11) is 2.14. The molecule has 1 aliphatic rings. The molecule has 0 radical (unpaired) electrons. The summed E-state index contributed by atoms with van der Waals surface area (Å²) in [6, 6.07) is 8.19. The lowest BCUT2D eigenvalue weighted by molar-refractivity contribution is -0.120. The minimum absolute atomic E-state index is 0.0194. The molecule has 6 heteroatoms. The van der Waals surface area contributed by atoms with Crippen LogP contribution in [0.5, 0.6) is 0 Å². The summed E-state index contributed by atoms with van der Waals surface area (Å²) >= 11 is 0. The summed E-state index contributed by atoms with van der Waals surface area (Å²) in [5, 5.41) is 4.01. The first-order valence-electron chi connectivity index (χ1n) is 10.1. The molecule has 3 heterocycles. The predicted molar refractivity (Wildman–Crippen MR) is 115 cm³/mol. The van der Waals surface area contributed by atoms with Crippen LogP contribution in [-0.2, 0) is 17.8 Å². The highest BCUT2D eigenvalue weighted by Gasteiger charge is 2.15. The molecule has 0 atom stereocenters. The van der Waals surface area contributed by atoms with Crippen LogP contribution in [0.2, 0.25) is 0 Å². The number of nitrogens with one attached hydrogen (secondary N) is 1. The number of aryl methyl sites for hydroxylation is 2. The number of fused-ring (bicyclic) bond motifs is 1. The minimum atomic E-state index is -0.0194. The number of hydrogen-bond donors (Lipinski definition) is 1. The van der Waals surface area contributed by atoms with Gasteiger partial charge in [0.1, 0.15) is 11.4 Å². The lowest BCUT2D eigenvalue weighted by Gasteiger charge is -2.33. The Bertz CT molecular complexity index is 1000. The molecule has 0 bridgehead atoms. The van der Waals surface area contributed by atoms with Gasteiger partial charge in [0.25, 0.3) is 0 Å². The van der Waals surface area contributed by atoms with Gasteiger partial charge in [0.2, 0.25) is 5.91 Å². The topological polar surface area (TPSA) is 61.6 Å². The molecule has 1 amide bonds. The van der Waals surface area contributed by atoms with Gasteiger partial charge in [-0.2, -0.15) is 0 Å². The molecule has 0 saturated carbocycles. The highest BCUT2D eigenvalue weighted by molar-refractivity contribution is 5.89. The molecule has 0 unspecified atom stereocenters. The molecular weight excluding hydrogens is 364 g/mol. The first-order chi connectivity index (χ1) is 14.0. The molecule has 6 nitrogen and oxygen atoms in total. The van der Waals surface area contributed by atoms with Crippen molar-refractivity contribution in [2.24, 2.45) is 0 Å². The predicted octanol–water partition coefficient (Wildman–Crippen LogP) is 3.06. The van der Waals surface area contributed by atoms with Crippen molar-refractivity contribution in [3.05, 3.63) is 59.0 Å². The number of carbonyl (C=O) groups is 1. The third kappa shape index (κ3) is 4.27. The highest BCUT2D eigenvalue weighted by Crippen LogP contribution is 2.26. The van der Waals surface area contributed by atoms with Crippen LogP contribution in [-0.4, -0.2) is 49.0 Å². The normalized spacial score (nSPS) is 15.1. The van der Waals surface area contributed by atoms with Gasteiger partial charge in [-0.1, -0.05) is 18.2 Å². The van der Waals surface area contributed by atoms with E-state index < -0.39 is 0 Å². The number of furan rings is 1. The van der Waals surface area contributed by atoms with Crippen LogP contribution in [0.1, 0.15) is 22.3 Å². The molecule has 3 aromatic rings. The van der Waals surface area contributed by atoms with E-state index in [9.17, 15) is 4.79 Å². The summed E-state index contributed by atoms with van der Waals surface area (Å²) in [6.45, 7) is 8.69. The first-order valence-corrected chi connectivity index (χ1v) is 10.1. The van der Waals surface area contributed by atoms with E-state index in [2.05, 4.69) is 40.1 Å². The SMILES string of the molecule is Cc1ccc2c(CC(=O)NCc3ccc(N4CCN(C)CC4)nc3)coc2c1C. The Morgan fingerprint density at radius 2 is 1.93 bits per heavy atom. The van der Waals surface area contributed by atoms with Crippen LogP contribution < -0.4 is 10.2 Å². The second kappa shape index (κ2) is 8.25. The Balaban J connectivity index is 1.33. The number of carbonyl (C=O) groups excluding carboxylic acids is 1. The lowest BCUT2D eigenvalue weighted by Crippen LogP contribution is -2.44. The van der Waals surface area contributed by atoms with Crippen LogP contribution in [0, 0.1) is 13.8 Å². The molecule has 0 aliphatic carbocycles. The monoisotopic (exact) mass is 392 g/mol. The average Bonchev–Trinajstić information content (AvgIpc) is 3.13. The number of anilines is 1. The number of likely N-dealkylation sites (N-methyl/N-ethyl adjacent to an activating group) is 1. The van der Waals surface area contributed by atoms with Crippen molar-refractivity contribution < 1.29 is 9.21 Å². The maximum Gasteiger partial charge on any atom is 0.224 e. The van der Waals surface area contributed by atoms with E-state index in [1.807, 2.05) is 31.3 Å². The number of amides is 1. The summed E-state index contributed by atoms with van der Waals surface area (Å²) in [5.41, 5.74) is 5.11. The van der Waals surface area contributed by atoms with Crippen LogP contribution in [0.25, 0.3) is 11.0 Å². The van der Waals surface area contributed by atoms with Crippen LogP contribution in [0.4, 0.5) is 5.82 Å². The lowest BCUT2D eigenvalue weighted by atomic mass is 10.0. The van der Waals surface area contributed by atoms with Crippen molar-refractivity contribution in [1.29, 1.82) is 0 Å². The van der Waals surface area contributed by atoms with E-state index in [-0.39, 0.29) is 5.91 Å². The van der Waals surface area contributed by atoms with Gasteiger partial charge >= 0.3 is 0 Å². The molecule has 4 rings (SSSR count). The summed E-state index contributed by atoms with van der Waals surface area (Å²) in [5.74, 6) is 0.984. The zero-order chi connectivity index (χ0) is 20.4. The Labute approximate surface area is 171 Å². The third-order valence-corrected chi connectivity index (χ3v) is 5.82. The Kier molecular flexibility index (Phi) is 5.53. The fraction of sp³-hybridized carbons (Fsp3) is 0.391. The number of hydrogen-bond acceptors (Lipinski definition) is 5. The van der Waals surface area contributed by atoms with Gasteiger partial charge < -0.3 is 19.5 Å². The molecule has 2 aromatic heterocycles. The maximum absolute atomic E-state index is 12.4. The highest BCUT2D eigenvalue weighted by atomic mass is 16.3. The molecule has 29 heavy (non-hydrogen) atoms. The van der Waals surface area contributed by atoms with Crippen LogP contribution in [0.3, 0.4) is 0 Å². The average molecular weight is 393 g/mol. The van der Waals surface area contributed by atoms with E-state index in [0.29, 0.717) is 13.0 Å². The summed E-state index contributed by atoms with van der Waals surface area (Å²) in [6.07, 6.45) is 3.86. The number of piperazine rings is 1. The van der Waals surface area contributed by atoms with Gasteiger partial charge in [-0.25, -0.2) is 4.98 Å². The quantitative estimate of drug-likeness (QED) is 0.723. The minimum Gasteiger partial charge on any atom is -0.464 e. The Hall–Kier alpha value is -2.86. The third-order valence-electron chi connectivity index (χ3n) is 5.82. The standard InChI is InChI=1S/C23H28N4O2/c1-16-4-6-20-19(15-29-23(20)17(16)2)12-22(28)25-14-18-5-7-21(24-13-18)27-10-8-26(3)9-11-27/h4-7,13,15H,8-12,14H2,1-3H3,(H,25,28). The molecule has 1 saturated heterocycles. The molecule has 1 N–H and O–H groups in total. The summed E-state index contributed by atoms with van der Waals surface area (Å²) in [4.78, 5) is 21.6. The Morgan fingerprint density at radius 3 is 2.66 bits per heavy atom. The van der Waals surface area contributed by atoms with Crippen molar-refractivity contribution in [3.8, 4) is 0 Å². The first kappa shape index (κ1) is 19.5. The van der Waals surface area contributed by atoms with Gasteiger partial charge in [0, 0.05) is 49.9 Å². The second-order valence-corrected chi connectivity index (χ2v) is 7.91. The number of pyridine rings is 1. The molecular formula is C23H28N4O2. The molecule has 1 aliphatic heterocycles. The summed E-state index contributed by atoms with van der Waals surface area (Å²) < 4.78 is 5.70. The van der Waals surface area contributed by atoms with Crippen molar-refractivity contribution in [1.82, 2.24) is 15.2 Å². The number of rotatable bonds is 5. The van der Waals surface area contributed by atoms with E-state index in [1.54, 1.807) is 6.26 Å².